The third-order valence-corrected chi connectivity index (χ3v) is 2.41. The molecular weight excluding hydrogens is 189 g/mol. The van der Waals surface area contributed by atoms with Crippen LogP contribution in [0.5, 0.6) is 0 Å². The van der Waals surface area contributed by atoms with Gasteiger partial charge in [0.25, 0.3) is 0 Å². The van der Waals surface area contributed by atoms with Crippen LogP contribution in [0.15, 0.2) is 11.1 Å². The van der Waals surface area contributed by atoms with Gasteiger partial charge >= 0.3 is 0 Å². The molecule has 0 saturated heterocycles. The molecule has 3 heteroatoms. The molecule has 0 aliphatic heterocycles. The van der Waals surface area contributed by atoms with Crippen LogP contribution in [0.3, 0.4) is 0 Å². The minimum atomic E-state index is 0. The Morgan fingerprint density at radius 3 is 1.64 bits per heavy atom. The van der Waals surface area contributed by atoms with Crippen molar-refractivity contribution in [3.8, 4) is 0 Å². The van der Waals surface area contributed by atoms with Gasteiger partial charge in [-0.25, -0.2) is 0 Å². The molecule has 14 heavy (non-hydrogen) atoms. The second kappa shape index (κ2) is 15.0. The number of halogens is 3. The number of hydrogen-bond acceptors (Lipinski definition) is 0. The van der Waals surface area contributed by atoms with Crippen molar-refractivity contribution in [1.29, 1.82) is 0 Å². The average molecular weight is 214 g/mol. The standard InChI is InChI=1S/C11H22.3FH/c1-5-7-8-9-11(4)10(3)6-2;;;/h5-9H2,1-4H3;3*1H. The van der Waals surface area contributed by atoms with Crippen LogP contribution in [-0.2, 0) is 0 Å². The van der Waals surface area contributed by atoms with E-state index < -0.39 is 0 Å². The smallest absolute Gasteiger partial charge is 0.0321 e. The molecule has 0 heterocycles. The highest BCUT2D eigenvalue weighted by Crippen LogP contribution is 2.14. The zero-order valence-corrected chi connectivity index (χ0v) is 9.76. The summed E-state index contributed by atoms with van der Waals surface area (Å²) in [5.41, 5.74) is 3.20. The summed E-state index contributed by atoms with van der Waals surface area (Å²) >= 11 is 0. The van der Waals surface area contributed by atoms with Crippen LogP contribution >= 0.6 is 0 Å². The Bertz CT molecular complexity index is 130. The summed E-state index contributed by atoms with van der Waals surface area (Å²) < 4.78 is 0. The topological polar surface area (TPSA) is 0 Å². The van der Waals surface area contributed by atoms with Crippen molar-refractivity contribution >= 4 is 0 Å². The molecule has 0 radical (unpaired) electrons. The first-order valence-corrected chi connectivity index (χ1v) is 4.87. The molecule has 0 bridgehead atoms. The van der Waals surface area contributed by atoms with Gasteiger partial charge in [-0.2, -0.15) is 0 Å². The zero-order valence-electron chi connectivity index (χ0n) is 9.76. The number of allylic oxidation sites excluding steroid dienone is 2. The Kier molecular flexibility index (Phi) is 25.1. The van der Waals surface area contributed by atoms with Gasteiger partial charge in [0.05, 0.1) is 0 Å². The number of rotatable bonds is 5. The van der Waals surface area contributed by atoms with Crippen LogP contribution in [0, 0.1) is 0 Å². The predicted molar refractivity (Wildman–Crippen MR) is 60.3 cm³/mol. The Morgan fingerprint density at radius 2 is 1.29 bits per heavy atom. The van der Waals surface area contributed by atoms with E-state index in [-0.39, 0.29) is 14.1 Å². The van der Waals surface area contributed by atoms with E-state index >= 15 is 0 Å². The summed E-state index contributed by atoms with van der Waals surface area (Å²) in [4.78, 5) is 0. The largest absolute Gasteiger partial charge is 0.269 e. The summed E-state index contributed by atoms with van der Waals surface area (Å²) in [5.74, 6) is 0. The summed E-state index contributed by atoms with van der Waals surface area (Å²) in [6.45, 7) is 9.01. The maximum Gasteiger partial charge on any atom is -0.0321 e. The molecular formula is C11H25F3. The fraction of sp³-hybridized carbons (Fsp3) is 0.818. The lowest BCUT2D eigenvalue weighted by Gasteiger charge is -2.04. The maximum absolute atomic E-state index is 2.27. The first-order chi connectivity index (χ1) is 5.22. The molecule has 90 valence electrons. The highest BCUT2D eigenvalue weighted by molar-refractivity contribution is 5.08. The highest BCUT2D eigenvalue weighted by atomic mass is 19.0. The molecule has 0 aliphatic rings. The lowest BCUT2D eigenvalue weighted by atomic mass is 10.0. The second-order valence-electron chi connectivity index (χ2n) is 3.37. The Hall–Kier alpha value is -0.470. The van der Waals surface area contributed by atoms with Gasteiger partial charge in [0.1, 0.15) is 0 Å². The monoisotopic (exact) mass is 214 g/mol. The van der Waals surface area contributed by atoms with Crippen LogP contribution in [0.2, 0.25) is 0 Å². The van der Waals surface area contributed by atoms with Gasteiger partial charge in [0.15, 0.2) is 0 Å². The molecule has 0 N–H and O–H groups in total. The molecule has 0 amide bonds. The summed E-state index contributed by atoms with van der Waals surface area (Å²) in [6, 6.07) is 0. The van der Waals surface area contributed by atoms with E-state index in [1.807, 2.05) is 0 Å². The van der Waals surface area contributed by atoms with Crippen molar-refractivity contribution in [3.05, 3.63) is 11.1 Å². The fourth-order valence-corrected chi connectivity index (χ4v) is 1.16. The van der Waals surface area contributed by atoms with Crippen molar-refractivity contribution in [2.75, 3.05) is 0 Å². The minimum absolute atomic E-state index is 0. The van der Waals surface area contributed by atoms with Crippen molar-refractivity contribution in [2.24, 2.45) is 0 Å². The van der Waals surface area contributed by atoms with Crippen LogP contribution in [-0.4, -0.2) is 0 Å². The fourth-order valence-electron chi connectivity index (χ4n) is 1.16. The van der Waals surface area contributed by atoms with E-state index in [1.54, 1.807) is 11.1 Å². The van der Waals surface area contributed by atoms with Gasteiger partial charge < -0.3 is 0 Å². The maximum atomic E-state index is 2.27. The number of unbranched alkanes of at least 4 members (excludes halogenated alkanes) is 2. The quantitative estimate of drug-likeness (QED) is 0.457. The molecule has 0 aliphatic carbocycles. The van der Waals surface area contributed by atoms with Gasteiger partial charge in [-0.3, -0.25) is 14.1 Å². The summed E-state index contributed by atoms with van der Waals surface area (Å²) in [5, 5.41) is 0. The normalized spacial score (nSPS) is 10.3. The van der Waals surface area contributed by atoms with Crippen LogP contribution in [0.25, 0.3) is 0 Å². The highest BCUT2D eigenvalue weighted by Gasteiger charge is 1.93. The Morgan fingerprint density at radius 1 is 0.786 bits per heavy atom. The van der Waals surface area contributed by atoms with E-state index in [9.17, 15) is 0 Å². The molecule has 0 spiro atoms. The molecule has 0 saturated carbocycles. The van der Waals surface area contributed by atoms with Crippen molar-refractivity contribution in [2.45, 2.75) is 59.8 Å². The van der Waals surface area contributed by atoms with E-state index in [2.05, 4.69) is 27.7 Å². The summed E-state index contributed by atoms with van der Waals surface area (Å²) in [7, 11) is 0. The van der Waals surface area contributed by atoms with E-state index in [1.165, 1.54) is 32.1 Å². The molecule has 0 rings (SSSR count). The molecule has 0 unspecified atom stereocenters. The first-order valence-electron chi connectivity index (χ1n) is 4.87. The van der Waals surface area contributed by atoms with Crippen molar-refractivity contribution in [3.63, 3.8) is 0 Å². The molecule has 0 aromatic carbocycles. The van der Waals surface area contributed by atoms with Gasteiger partial charge in [-0.15, -0.1) is 0 Å². The van der Waals surface area contributed by atoms with Crippen molar-refractivity contribution in [1.82, 2.24) is 0 Å². The third kappa shape index (κ3) is 11.5. The third-order valence-electron chi connectivity index (χ3n) is 2.41. The van der Waals surface area contributed by atoms with Gasteiger partial charge in [-0.1, -0.05) is 37.8 Å². The van der Waals surface area contributed by atoms with Crippen LogP contribution in [0.1, 0.15) is 59.8 Å². The first kappa shape index (κ1) is 23.4. The van der Waals surface area contributed by atoms with Crippen molar-refractivity contribution < 1.29 is 14.1 Å². The van der Waals surface area contributed by atoms with E-state index in [0.29, 0.717) is 0 Å². The van der Waals surface area contributed by atoms with E-state index in [4.69, 9.17) is 0 Å². The molecule has 0 aromatic rings. The molecule has 0 atom stereocenters. The SMILES string of the molecule is CCCCCC(C)=C(C)CC.F.F.F. The lowest BCUT2D eigenvalue weighted by Crippen LogP contribution is -1.83. The Balaban J connectivity index is -0.000000167. The Labute approximate surface area is 85.9 Å². The van der Waals surface area contributed by atoms with Gasteiger partial charge in [-0.05, 0) is 33.1 Å². The molecule has 0 nitrogen and oxygen atoms in total. The minimum Gasteiger partial charge on any atom is -0.269 e. The average Bonchev–Trinajstić information content (AvgIpc) is 2.03. The van der Waals surface area contributed by atoms with Crippen LogP contribution < -0.4 is 0 Å². The lowest BCUT2D eigenvalue weighted by molar-refractivity contribution is 0.707. The summed E-state index contributed by atoms with van der Waals surface area (Å²) in [6.07, 6.45) is 6.62. The van der Waals surface area contributed by atoms with Gasteiger partial charge in [0.2, 0.25) is 0 Å². The predicted octanol–water partition coefficient (Wildman–Crippen LogP) is 4.77. The second-order valence-corrected chi connectivity index (χ2v) is 3.37. The van der Waals surface area contributed by atoms with E-state index in [0.717, 1.165) is 0 Å². The zero-order chi connectivity index (χ0) is 8.69. The van der Waals surface area contributed by atoms with Crippen LogP contribution in [0.4, 0.5) is 14.1 Å². The number of hydrogen-bond donors (Lipinski definition) is 0. The van der Waals surface area contributed by atoms with Gasteiger partial charge in [0, 0.05) is 0 Å². The molecule has 0 aromatic heterocycles. The molecule has 0 fully saturated rings.